The molecule has 0 radical (unpaired) electrons. The lowest BCUT2D eigenvalue weighted by Crippen LogP contribution is -2.22. The predicted molar refractivity (Wildman–Crippen MR) is 88.1 cm³/mol. The molecule has 3 nitrogen and oxygen atoms in total. The summed E-state index contributed by atoms with van der Waals surface area (Å²) < 4.78 is 7.83. The Kier molecular flexibility index (Phi) is 5.57. The van der Waals surface area contributed by atoms with Gasteiger partial charge in [0.1, 0.15) is 11.5 Å². The number of rotatable bonds is 5. The summed E-state index contributed by atoms with van der Waals surface area (Å²) in [4.78, 5) is 4.11. The molecule has 2 aromatic rings. The van der Waals surface area contributed by atoms with Crippen molar-refractivity contribution in [3.63, 3.8) is 0 Å². The quantitative estimate of drug-likeness (QED) is 0.776. The van der Waals surface area contributed by atoms with E-state index in [4.69, 9.17) is 4.74 Å². The summed E-state index contributed by atoms with van der Waals surface area (Å²) in [6.45, 7) is 5.01. The molecule has 0 amide bonds. The van der Waals surface area contributed by atoms with E-state index < -0.39 is 0 Å². The first-order chi connectivity index (χ1) is 9.54. The topological polar surface area (TPSA) is 34.1 Å². The van der Waals surface area contributed by atoms with Crippen LogP contribution in [-0.4, -0.2) is 11.0 Å². The van der Waals surface area contributed by atoms with Crippen LogP contribution in [0.2, 0.25) is 0 Å². The van der Waals surface area contributed by atoms with E-state index in [2.05, 4.69) is 62.1 Å². The number of hydrogen-bond acceptors (Lipinski definition) is 3. The van der Waals surface area contributed by atoms with Crippen LogP contribution in [0.25, 0.3) is 0 Å². The molecule has 0 saturated carbocycles. The second-order valence-electron chi connectivity index (χ2n) is 4.73. The van der Waals surface area contributed by atoms with Crippen LogP contribution in [-0.2, 0) is 6.54 Å². The van der Waals surface area contributed by atoms with Crippen LogP contribution in [0.5, 0.6) is 11.5 Å². The Morgan fingerprint density at radius 2 is 1.95 bits per heavy atom. The van der Waals surface area contributed by atoms with E-state index in [1.165, 1.54) is 0 Å². The van der Waals surface area contributed by atoms with E-state index in [0.29, 0.717) is 11.8 Å². The number of nitrogens with one attached hydrogen (secondary N) is 1. The summed E-state index contributed by atoms with van der Waals surface area (Å²) >= 11 is 6.87. The van der Waals surface area contributed by atoms with Gasteiger partial charge in [0.25, 0.3) is 0 Å². The molecule has 0 spiro atoms. The molecular formula is C15H16Br2N2O. The zero-order valence-corrected chi connectivity index (χ0v) is 14.5. The van der Waals surface area contributed by atoms with E-state index in [0.717, 1.165) is 26.8 Å². The Labute approximate surface area is 136 Å². The highest BCUT2D eigenvalue weighted by Gasteiger charge is 2.07. The molecule has 1 aromatic carbocycles. The van der Waals surface area contributed by atoms with Crippen LogP contribution in [0.4, 0.5) is 0 Å². The Hall–Kier alpha value is -0.910. The molecule has 106 valence electrons. The summed E-state index contributed by atoms with van der Waals surface area (Å²) in [5.74, 6) is 1.54. The highest BCUT2D eigenvalue weighted by atomic mass is 79.9. The molecule has 0 unspecified atom stereocenters. The van der Waals surface area contributed by atoms with Crippen molar-refractivity contribution in [2.24, 2.45) is 0 Å². The minimum atomic E-state index is 0.430. The number of ether oxygens (including phenoxy) is 1. The molecule has 1 heterocycles. The van der Waals surface area contributed by atoms with E-state index in [1.54, 1.807) is 12.4 Å². The lowest BCUT2D eigenvalue weighted by Gasteiger charge is -2.14. The van der Waals surface area contributed by atoms with Crippen LogP contribution >= 0.6 is 31.9 Å². The van der Waals surface area contributed by atoms with Gasteiger partial charge in [0.2, 0.25) is 0 Å². The zero-order valence-electron chi connectivity index (χ0n) is 11.4. The number of halogens is 2. The highest BCUT2D eigenvalue weighted by molar-refractivity contribution is 9.10. The number of benzene rings is 1. The Morgan fingerprint density at radius 3 is 2.65 bits per heavy atom. The average Bonchev–Trinajstić information content (AvgIpc) is 2.37. The van der Waals surface area contributed by atoms with Crippen LogP contribution in [0, 0.1) is 0 Å². The normalized spacial score (nSPS) is 10.8. The molecule has 20 heavy (non-hydrogen) atoms. The number of nitrogens with zero attached hydrogens (tertiary/aromatic N) is 1. The van der Waals surface area contributed by atoms with Crippen LogP contribution in [0.15, 0.2) is 45.6 Å². The van der Waals surface area contributed by atoms with Gasteiger partial charge in [-0.1, -0.05) is 35.8 Å². The van der Waals surface area contributed by atoms with Crippen molar-refractivity contribution in [3.05, 3.63) is 51.2 Å². The lowest BCUT2D eigenvalue weighted by atomic mass is 10.2. The number of aromatic nitrogens is 1. The van der Waals surface area contributed by atoms with Crippen molar-refractivity contribution in [1.82, 2.24) is 10.3 Å². The molecule has 0 aliphatic carbocycles. The maximum Gasteiger partial charge on any atom is 0.146 e. The zero-order chi connectivity index (χ0) is 14.5. The monoisotopic (exact) mass is 398 g/mol. The SMILES string of the molecule is CC(C)NCc1ccc(Br)cc1Oc1cncc(Br)c1. The molecular weight excluding hydrogens is 384 g/mol. The molecule has 1 N–H and O–H groups in total. The van der Waals surface area contributed by atoms with Crippen molar-refractivity contribution in [2.45, 2.75) is 26.4 Å². The summed E-state index contributed by atoms with van der Waals surface area (Å²) in [6.07, 6.45) is 3.43. The van der Waals surface area contributed by atoms with E-state index in [-0.39, 0.29) is 0 Å². The van der Waals surface area contributed by atoms with Gasteiger partial charge in [-0.25, -0.2) is 0 Å². The molecule has 2 rings (SSSR count). The first-order valence-electron chi connectivity index (χ1n) is 6.35. The maximum absolute atomic E-state index is 5.94. The third kappa shape index (κ3) is 4.58. The van der Waals surface area contributed by atoms with Gasteiger partial charge in [-0.15, -0.1) is 0 Å². The fraction of sp³-hybridized carbons (Fsp3) is 0.267. The van der Waals surface area contributed by atoms with Gasteiger partial charge in [-0.2, -0.15) is 0 Å². The van der Waals surface area contributed by atoms with Crippen molar-refractivity contribution >= 4 is 31.9 Å². The maximum atomic E-state index is 5.94. The molecule has 0 fully saturated rings. The minimum Gasteiger partial charge on any atom is -0.455 e. The van der Waals surface area contributed by atoms with Gasteiger partial charge in [0.05, 0.1) is 6.20 Å². The van der Waals surface area contributed by atoms with Crippen LogP contribution in [0.1, 0.15) is 19.4 Å². The number of hydrogen-bond donors (Lipinski definition) is 1. The van der Waals surface area contributed by atoms with Crippen LogP contribution in [0.3, 0.4) is 0 Å². The van der Waals surface area contributed by atoms with Crippen molar-refractivity contribution < 1.29 is 4.74 Å². The van der Waals surface area contributed by atoms with Crippen molar-refractivity contribution in [3.8, 4) is 11.5 Å². The Balaban J connectivity index is 2.22. The smallest absolute Gasteiger partial charge is 0.146 e. The summed E-state index contributed by atoms with van der Waals surface area (Å²) in [5, 5.41) is 3.40. The van der Waals surface area contributed by atoms with Gasteiger partial charge >= 0.3 is 0 Å². The molecule has 0 aliphatic heterocycles. The lowest BCUT2D eigenvalue weighted by molar-refractivity contribution is 0.466. The average molecular weight is 400 g/mol. The first kappa shape index (κ1) is 15.5. The Morgan fingerprint density at radius 1 is 1.15 bits per heavy atom. The molecule has 5 heteroatoms. The summed E-state index contributed by atoms with van der Waals surface area (Å²) in [5.41, 5.74) is 1.11. The third-order valence-electron chi connectivity index (χ3n) is 2.64. The largest absolute Gasteiger partial charge is 0.455 e. The second-order valence-corrected chi connectivity index (χ2v) is 6.56. The van der Waals surface area contributed by atoms with Gasteiger partial charge in [0, 0.05) is 33.3 Å². The fourth-order valence-electron chi connectivity index (χ4n) is 1.66. The standard InChI is InChI=1S/C15H16Br2N2O/c1-10(2)19-7-11-3-4-12(16)6-15(11)20-14-5-13(17)8-18-9-14/h3-6,8-10,19H,7H2,1-2H3. The third-order valence-corrected chi connectivity index (χ3v) is 3.56. The van der Waals surface area contributed by atoms with Crippen molar-refractivity contribution in [1.29, 1.82) is 0 Å². The molecule has 0 saturated heterocycles. The number of pyridine rings is 1. The summed E-state index contributed by atoms with van der Waals surface area (Å²) in [6, 6.07) is 8.37. The predicted octanol–water partition coefficient (Wildman–Crippen LogP) is 4.90. The van der Waals surface area contributed by atoms with Gasteiger partial charge in [-0.05, 0) is 34.1 Å². The van der Waals surface area contributed by atoms with Gasteiger partial charge in [0.15, 0.2) is 0 Å². The molecule has 0 aliphatic rings. The van der Waals surface area contributed by atoms with E-state index in [9.17, 15) is 0 Å². The van der Waals surface area contributed by atoms with Crippen LogP contribution < -0.4 is 10.1 Å². The van der Waals surface area contributed by atoms with Gasteiger partial charge < -0.3 is 10.1 Å². The fourth-order valence-corrected chi connectivity index (χ4v) is 2.34. The molecule has 1 aromatic heterocycles. The molecule has 0 atom stereocenters. The Bertz CT molecular complexity index is 588. The van der Waals surface area contributed by atoms with E-state index >= 15 is 0 Å². The van der Waals surface area contributed by atoms with Gasteiger partial charge in [-0.3, -0.25) is 4.98 Å². The highest BCUT2D eigenvalue weighted by Crippen LogP contribution is 2.29. The minimum absolute atomic E-state index is 0.430. The second kappa shape index (κ2) is 7.20. The summed E-state index contributed by atoms with van der Waals surface area (Å²) in [7, 11) is 0. The van der Waals surface area contributed by atoms with E-state index in [1.807, 2.05) is 18.2 Å². The molecule has 0 bridgehead atoms. The van der Waals surface area contributed by atoms with Crippen molar-refractivity contribution in [2.75, 3.05) is 0 Å². The first-order valence-corrected chi connectivity index (χ1v) is 7.93.